The number of carbonyl (C=O) groups is 1. The molecule has 1 aliphatic heterocycles. The monoisotopic (exact) mass is 447 g/mol. The number of pyridine rings is 1. The van der Waals surface area contributed by atoms with Crippen LogP contribution < -0.4 is 0 Å². The molecule has 1 saturated heterocycles. The van der Waals surface area contributed by atoms with Gasteiger partial charge < -0.3 is 14.0 Å². The summed E-state index contributed by atoms with van der Waals surface area (Å²) in [5, 5.41) is 4.89. The molecule has 4 rings (SSSR count). The zero-order chi connectivity index (χ0) is 23.6. The third-order valence-electron chi connectivity index (χ3n) is 6.41. The Bertz CT molecular complexity index is 1080. The molecule has 1 atom stereocenters. The molecular formula is C25H30BN3O4. The van der Waals surface area contributed by atoms with Crippen LogP contribution in [-0.4, -0.2) is 45.7 Å². The van der Waals surface area contributed by atoms with E-state index in [2.05, 4.69) is 4.98 Å². The highest BCUT2D eigenvalue weighted by atomic mass is 16.7. The van der Waals surface area contributed by atoms with Crippen LogP contribution in [0.1, 0.15) is 52.4 Å². The van der Waals surface area contributed by atoms with E-state index in [9.17, 15) is 4.79 Å². The molecule has 1 fully saturated rings. The van der Waals surface area contributed by atoms with Gasteiger partial charge in [-0.15, -0.1) is 0 Å². The Hall–Kier alpha value is -2.97. The van der Waals surface area contributed by atoms with Crippen molar-refractivity contribution in [2.75, 3.05) is 6.61 Å². The van der Waals surface area contributed by atoms with Crippen LogP contribution >= 0.6 is 0 Å². The van der Waals surface area contributed by atoms with E-state index < -0.39 is 24.1 Å². The van der Waals surface area contributed by atoms with Gasteiger partial charge in [0.2, 0.25) is 0 Å². The van der Waals surface area contributed by atoms with E-state index in [0.717, 1.165) is 22.5 Å². The lowest BCUT2D eigenvalue weighted by atomic mass is 9.66. The minimum Gasteiger partial charge on any atom is -0.466 e. The Balaban J connectivity index is 1.83. The summed E-state index contributed by atoms with van der Waals surface area (Å²) in [6.45, 7) is 10.1. The maximum atomic E-state index is 12.7. The van der Waals surface area contributed by atoms with Gasteiger partial charge in [0.1, 0.15) is 0 Å². The van der Waals surface area contributed by atoms with Gasteiger partial charge in [0.15, 0.2) is 0 Å². The van der Waals surface area contributed by atoms with Crippen LogP contribution in [0, 0.1) is 0 Å². The van der Waals surface area contributed by atoms with Crippen molar-refractivity contribution in [2.45, 2.75) is 58.1 Å². The summed E-state index contributed by atoms with van der Waals surface area (Å²) in [6, 6.07) is 13.7. The predicted octanol–water partition coefficient (Wildman–Crippen LogP) is 4.60. The molecule has 0 amide bonds. The van der Waals surface area contributed by atoms with E-state index in [0.29, 0.717) is 6.61 Å². The van der Waals surface area contributed by atoms with Gasteiger partial charge >= 0.3 is 13.1 Å². The summed E-state index contributed by atoms with van der Waals surface area (Å²) in [4.78, 5) is 16.8. The van der Waals surface area contributed by atoms with Crippen LogP contribution in [0.15, 0.2) is 61.1 Å². The second-order valence-corrected chi connectivity index (χ2v) is 9.19. The summed E-state index contributed by atoms with van der Waals surface area (Å²) in [6.07, 6.45) is 5.54. The lowest BCUT2D eigenvalue weighted by Gasteiger charge is -2.32. The van der Waals surface area contributed by atoms with Gasteiger partial charge in [-0.25, -0.2) is 4.68 Å². The standard InChI is InChI=1S/C25H30BN3O4/c1-6-31-22(30)16-21(26-32-24(2,3)25(4,5)33-26)20-17-29(19-10-8-7-9-11-19)28-23(20)18-12-14-27-15-13-18/h7-15,17,21H,6,16H2,1-5H3. The number of hydrogen-bond donors (Lipinski definition) is 0. The fraction of sp³-hybridized carbons (Fsp3) is 0.400. The van der Waals surface area contributed by atoms with Gasteiger partial charge in [-0.05, 0) is 58.9 Å². The molecule has 2 aromatic heterocycles. The van der Waals surface area contributed by atoms with E-state index in [4.69, 9.17) is 19.1 Å². The Morgan fingerprint density at radius 2 is 1.70 bits per heavy atom. The number of rotatable bonds is 7. The lowest BCUT2D eigenvalue weighted by Crippen LogP contribution is -2.41. The van der Waals surface area contributed by atoms with E-state index in [1.807, 2.05) is 81.0 Å². The Morgan fingerprint density at radius 1 is 1.06 bits per heavy atom. The van der Waals surface area contributed by atoms with Crippen LogP contribution in [0.4, 0.5) is 0 Å². The van der Waals surface area contributed by atoms with Crippen molar-refractivity contribution in [1.29, 1.82) is 0 Å². The largest absolute Gasteiger partial charge is 0.466 e. The highest BCUT2D eigenvalue weighted by molar-refractivity contribution is 6.48. The topological polar surface area (TPSA) is 75.5 Å². The van der Waals surface area contributed by atoms with Crippen molar-refractivity contribution in [2.24, 2.45) is 0 Å². The molecular weight excluding hydrogens is 417 g/mol. The first kappa shape index (κ1) is 23.2. The van der Waals surface area contributed by atoms with Crippen molar-refractivity contribution in [3.63, 3.8) is 0 Å². The smallest absolute Gasteiger partial charge is 0.466 e. The summed E-state index contributed by atoms with van der Waals surface area (Å²) in [5.41, 5.74) is 2.37. The number of para-hydroxylation sites is 1. The quantitative estimate of drug-likeness (QED) is 0.389. The zero-order valence-electron chi connectivity index (χ0n) is 19.8. The normalized spacial score (nSPS) is 17.7. The molecule has 1 unspecified atom stereocenters. The molecule has 0 radical (unpaired) electrons. The molecule has 1 aromatic carbocycles. The highest BCUT2D eigenvalue weighted by Gasteiger charge is 2.55. The summed E-state index contributed by atoms with van der Waals surface area (Å²) in [5.74, 6) is -0.712. The SMILES string of the molecule is CCOC(=O)CC(B1OC(C)(C)C(C)(C)O1)c1cn(-c2ccccc2)nc1-c1ccncc1. The van der Waals surface area contributed by atoms with Gasteiger partial charge in [0.25, 0.3) is 0 Å². The maximum Gasteiger partial charge on any atom is 0.466 e. The van der Waals surface area contributed by atoms with Crippen molar-refractivity contribution in [3.05, 3.63) is 66.6 Å². The second-order valence-electron chi connectivity index (χ2n) is 9.19. The van der Waals surface area contributed by atoms with Gasteiger partial charge in [-0.1, -0.05) is 18.2 Å². The molecule has 0 N–H and O–H groups in total. The minimum atomic E-state index is -0.631. The first-order chi connectivity index (χ1) is 15.7. The number of hydrogen-bond acceptors (Lipinski definition) is 6. The van der Waals surface area contributed by atoms with Crippen molar-refractivity contribution in [3.8, 4) is 16.9 Å². The van der Waals surface area contributed by atoms with Gasteiger partial charge in [-0.3, -0.25) is 9.78 Å². The fourth-order valence-electron chi connectivity index (χ4n) is 3.91. The lowest BCUT2D eigenvalue weighted by molar-refractivity contribution is -0.143. The average Bonchev–Trinajstić information content (AvgIpc) is 3.32. The van der Waals surface area contributed by atoms with E-state index in [-0.39, 0.29) is 12.4 Å². The molecule has 3 heterocycles. The van der Waals surface area contributed by atoms with Gasteiger partial charge in [0, 0.05) is 35.5 Å². The number of nitrogens with zero attached hydrogens (tertiary/aromatic N) is 3. The molecule has 7 nitrogen and oxygen atoms in total. The predicted molar refractivity (Wildman–Crippen MR) is 127 cm³/mol. The van der Waals surface area contributed by atoms with Crippen LogP contribution in [0.5, 0.6) is 0 Å². The third-order valence-corrected chi connectivity index (χ3v) is 6.41. The first-order valence-corrected chi connectivity index (χ1v) is 11.3. The van der Waals surface area contributed by atoms with Crippen molar-refractivity contribution >= 4 is 13.1 Å². The molecule has 1 aliphatic rings. The summed E-state index contributed by atoms with van der Waals surface area (Å²) >= 11 is 0. The zero-order valence-corrected chi connectivity index (χ0v) is 19.8. The van der Waals surface area contributed by atoms with E-state index in [1.54, 1.807) is 19.3 Å². The molecule has 8 heteroatoms. The molecule has 0 spiro atoms. The van der Waals surface area contributed by atoms with Crippen LogP contribution in [0.3, 0.4) is 0 Å². The minimum absolute atomic E-state index is 0.114. The van der Waals surface area contributed by atoms with Crippen molar-refractivity contribution < 1.29 is 18.8 Å². The maximum absolute atomic E-state index is 12.7. The number of esters is 1. The fourth-order valence-corrected chi connectivity index (χ4v) is 3.91. The number of carbonyl (C=O) groups excluding carboxylic acids is 1. The van der Waals surface area contributed by atoms with Crippen molar-refractivity contribution in [1.82, 2.24) is 14.8 Å². The Labute approximate surface area is 195 Å². The summed E-state index contributed by atoms with van der Waals surface area (Å²) < 4.78 is 19.9. The van der Waals surface area contributed by atoms with Gasteiger partial charge in [-0.2, -0.15) is 5.10 Å². The highest BCUT2D eigenvalue weighted by Crippen LogP contribution is 2.43. The number of ether oxygens (including phenoxy) is 1. The first-order valence-electron chi connectivity index (χ1n) is 11.3. The average molecular weight is 447 g/mol. The molecule has 3 aromatic rings. The Morgan fingerprint density at radius 3 is 2.30 bits per heavy atom. The molecule has 33 heavy (non-hydrogen) atoms. The molecule has 0 aliphatic carbocycles. The number of benzene rings is 1. The van der Waals surface area contributed by atoms with E-state index >= 15 is 0 Å². The third kappa shape index (κ3) is 4.72. The summed E-state index contributed by atoms with van der Waals surface area (Å²) in [7, 11) is -0.631. The number of aromatic nitrogens is 3. The molecule has 0 saturated carbocycles. The van der Waals surface area contributed by atoms with Gasteiger partial charge in [0.05, 0.1) is 35.6 Å². The molecule has 0 bridgehead atoms. The van der Waals surface area contributed by atoms with Crippen LogP contribution in [0.25, 0.3) is 16.9 Å². The van der Waals surface area contributed by atoms with E-state index in [1.165, 1.54) is 0 Å². The van der Waals surface area contributed by atoms with Crippen LogP contribution in [-0.2, 0) is 18.8 Å². The molecule has 172 valence electrons. The Kier molecular flexibility index (Phi) is 6.41. The van der Waals surface area contributed by atoms with Crippen LogP contribution in [0.2, 0.25) is 0 Å². The second kappa shape index (κ2) is 9.12.